The molecule has 7 nitrogen and oxygen atoms in total. The zero-order valence-electron chi connectivity index (χ0n) is 12.7. The standard InChI is InChI=1S/C17H14N2O5/c20-16-13-5-1-3-10-7-11(19(22)23)8-14(15(10)13)17(21)18(16)9-12-4-2-6-24-12/h1,3,5,7-8,12H,2,4,6,9H2/t12-/m1/s1. The topological polar surface area (TPSA) is 89.8 Å². The summed E-state index contributed by atoms with van der Waals surface area (Å²) in [6.07, 6.45) is 1.53. The summed E-state index contributed by atoms with van der Waals surface area (Å²) in [6, 6.07) is 7.63. The summed E-state index contributed by atoms with van der Waals surface area (Å²) >= 11 is 0. The normalized spacial score (nSPS) is 20.0. The molecule has 0 aliphatic carbocycles. The molecule has 1 atom stereocenters. The molecule has 24 heavy (non-hydrogen) atoms. The van der Waals surface area contributed by atoms with Gasteiger partial charge in [-0.2, -0.15) is 0 Å². The number of nitrogens with zero attached hydrogens (tertiary/aromatic N) is 2. The summed E-state index contributed by atoms with van der Waals surface area (Å²) in [5.41, 5.74) is 0.441. The molecule has 0 bridgehead atoms. The van der Waals surface area contributed by atoms with Gasteiger partial charge in [0.2, 0.25) is 0 Å². The van der Waals surface area contributed by atoms with Crippen LogP contribution >= 0.6 is 0 Å². The molecule has 4 rings (SSSR count). The van der Waals surface area contributed by atoms with Crippen LogP contribution in [-0.2, 0) is 4.74 Å². The molecule has 2 heterocycles. The van der Waals surface area contributed by atoms with Crippen molar-refractivity contribution in [2.45, 2.75) is 18.9 Å². The van der Waals surface area contributed by atoms with Gasteiger partial charge in [-0.25, -0.2) is 0 Å². The van der Waals surface area contributed by atoms with Crippen LogP contribution in [0.1, 0.15) is 33.6 Å². The number of hydrogen-bond donors (Lipinski definition) is 0. The molecule has 2 aliphatic rings. The van der Waals surface area contributed by atoms with Crippen LogP contribution in [0.3, 0.4) is 0 Å². The number of imide groups is 1. The lowest BCUT2D eigenvalue weighted by molar-refractivity contribution is -0.384. The van der Waals surface area contributed by atoms with Crippen molar-refractivity contribution in [1.82, 2.24) is 4.90 Å². The smallest absolute Gasteiger partial charge is 0.270 e. The first-order valence-electron chi connectivity index (χ1n) is 7.75. The van der Waals surface area contributed by atoms with Crippen molar-refractivity contribution in [3.63, 3.8) is 0 Å². The SMILES string of the molecule is O=C1c2cccc3cc([N+](=O)[O-])cc(c23)C(=O)N1C[C@H]1CCCO1. The maximum absolute atomic E-state index is 12.8. The Labute approximate surface area is 137 Å². The van der Waals surface area contributed by atoms with Gasteiger partial charge in [-0.05, 0) is 24.3 Å². The average Bonchev–Trinajstić information content (AvgIpc) is 3.09. The van der Waals surface area contributed by atoms with Gasteiger partial charge in [-0.15, -0.1) is 0 Å². The first-order valence-corrected chi connectivity index (χ1v) is 7.75. The summed E-state index contributed by atoms with van der Waals surface area (Å²) in [7, 11) is 0. The molecule has 0 radical (unpaired) electrons. The van der Waals surface area contributed by atoms with Crippen LogP contribution in [-0.4, -0.2) is 40.9 Å². The fourth-order valence-electron chi connectivity index (χ4n) is 3.41. The number of amides is 2. The van der Waals surface area contributed by atoms with E-state index in [9.17, 15) is 19.7 Å². The maximum atomic E-state index is 12.8. The van der Waals surface area contributed by atoms with E-state index < -0.39 is 10.8 Å². The molecule has 0 unspecified atom stereocenters. The molecule has 2 aliphatic heterocycles. The minimum absolute atomic E-state index is 0.158. The van der Waals surface area contributed by atoms with Crippen LogP contribution in [0, 0.1) is 10.1 Å². The van der Waals surface area contributed by atoms with Crippen molar-refractivity contribution in [3.05, 3.63) is 51.6 Å². The summed E-state index contributed by atoms with van der Waals surface area (Å²) in [4.78, 5) is 37.3. The minimum atomic E-state index is -0.531. The first kappa shape index (κ1) is 14.8. The summed E-state index contributed by atoms with van der Waals surface area (Å²) in [5.74, 6) is -0.870. The second-order valence-corrected chi connectivity index (χ2v) is 6.01. The number of carbonyl (C=O) groups excluding carboxylic acids is 2. The number of rotatable bonds is 3. The highest BCUT2D eigenvalue weighted by atomic mass is 16.6. The lowest BCUT2D eigenvalue weighted by Gasteiger charge is -2.28. The molecule has 2 amide bonds. The molecule has 0 N–H and O–H groups in total. The quantitative estimate of drug-likeness (QED) is 0.491. The number of benzene rings is 2. The highest BCUT2D eigenvalue weighted by molar-refractivity contribution is 6.25. The summed E-state index contributed by atoms with van der Waals surface area (Å²) in [6.45, 7) is 0.800. The van der Waals surface area contributed by atoms with Gasteiger partial charge in [-0.1, -0.05) is 12.1 Å². The highest BCUT2D eigenvalue weighted by Crippen LogP contribution is 2.33. The number of nitro groups is 1. The third-order valence-corrected chi connectivity index (χ3v) is 4.53. The van der Waals surface area contributed by atoms with E-state index in [1.807, 2.05) is 0 Å². The molecule has 0 spiro atoms. The van der Waals surface area contributed by atoms with Gasteiger partial charge >= 0.3 is 0 Å². The number of carbonyl (C=O) groups is 2. The van der Waals surface area contributed by atoms with Gasteiger partial charge in [0.15, 0.2) is 0 Å². The molecular weight excluding hydrogens is 312 g/mol. The molecule has 0 aromatic heterocycles. The predicted molar refractivity (Wildman–Crippen MR) is 84.9 cm³/mol. The number of hydrogen-bond acceptors (Lipinski definition) is 5. The lowest BCUT2D eigenvalue weighted by Crippen LogP contribution is -2.44. The van der Waals surface area contributed by atoms with E-state index in [1.165, 1.54) is 12.1 Å². The Kier molecular flexibility index (Phi) is 3.31. The molecule has 2 aromatic rings. The van der Waals surface area contributed by atoms with Crippen LogP contribution in [0.2, 0.25) is 0 Å². The van der Waals surface area contributed by atoms with E-state index in [4.69, 9.17) is 4.74 Å². The van der Waals surface area contributed by atoms with Crippen LogP contribution in [0.4, 0.5) is 5.69 Å². The zero-order valence-corrected chi connectivity index (χ0v) is 12.7. The van der Waals surface area contributed by atoms with E-state index in [0.29, 0.717) is 22.9 Å². The van der Waals surface area contributed by atoms with Crippen LogP contribution in [0.15, 0.2) is 30.3 Å². The fraction of sp³-hybridized carbons (Fsp3) is 0.294. The Hall–Kier alpha value is -2.80. The van der Waals surface area contributed by atoms with Gasteiger partial charge in [-0.3, -0.25) is 24.6 Å². The van der Waals surface area contributed by atoms with Gasteiger partial charge in [0, 0.05) is 29.7 Å². The van der Waals surface area contributed by atoms with Crippen molar-refractivity contribution < 1.29 is 19.2 Å². The van der Waals surface area contributed by atoms with Crippen molar-refractivity contribution >= 4 is 28.3 Å². The second-order valence-electron chi connectivity index (χ2n) is 6.01. The Morgan fingerprint density at radius 2 is 2.00 bits per heavy atom. The lowest BCUT2D eigenvalue weighted by atomic mass is 9.93. The van der Waals surface area contributed by atoms with E-state index in [2.05, 4.69) is 0 Å². The number of ether oxygens (including phenoxy) is 1. The monoisotopic (exact) mass is 326 g/mol. The van der Waals surface area contributed by atoms with E-state index >= 15 is 0 Å². The third kappa shape index (κ3) is 2.16. The van der Waals surface area contributed by atoms with Gasteiger partial charge in [0.25, 0.3) is 17.5 Å². The number of nitro benzene ring substituents is 1. The fourth-order valence-corrected chi connectivity index (χ4v) is 3.41. The van der Waals surface area contributed by atoms with E-state index in [0.717, 1.165) is 17.7 Å². The van der Waals surface area contributed by atoms with Crippen LogP contribution in [0.25, 0.3) is 10.8 Å². The van der Waals surface area contributed by atoms with Crippen molar-refractivity contribution in [2.75, 3.05) is 13.2 Å². The van der Waals surface area contributed by atoms with Crippen molar-refractivity contribution in [3.8, 4) is 0 Å². The Bertz CT molecular complexity index is 886. The Morgan fingerprint density at radius 1 is 1.21 bits per heavy atom. The van der Waals surface area contributed by atoms with Gasteiger partial charge in [0.1, 0.15) is 0 Å². The second kappa shape index (κ2) is 5.38. The largest absolute Gasteiger partial charge is 0.376 e. The Morgan fingerprint density at radius 3 is 2.71 bits per heavy atom. The zero-order chi connectivity index (χ0) is 16.8. The van der Waals surface area contributed by atoms with Gasteiger partial charge in [0.05, 0.1) is 23.1 Å². The van der Waals surface area contributed by atoms with Crippen LogP contribution in [0.5, 0.6) is 0 Å². The molecule has 0 saturated carbocycles. The summed E-state index contributed by atoms with van der Waals surface area (Å²) in [5, 5.41) is 12.2. The molecular formula is C17H14N2O5. The van der Waals surface area contributed by atoms with E-state index in [1.54, 1.807) is 18.2 Å². The molecule has 122 valence electrons. The molecule has 2 aromatic carbocycles. The number of non-ortho nitro benzene ring substituents is 1. The Balaban J connectivity index is 1.86. The highest BCUT2D eigenvalue weighted by Gasteiger charge is 2.36. The summed E-state index contributed by atoms with van der Waals surface area (Å²) < 4.78 is 5.52. The van der Waals surface area contributed by atoms with E-state index in [-0.39, 0.29) is 29.8 Å². The minimum Gasteiger partial charge on any atom is -0.376 e. The predicted octanol–water partition coefficient (Wildman–Crippen LogP) is 2.52. The average molecular weight is 326 g/mol. The molecule has 7 heteroatoms. The maximum Gasteiger partial charge on any atom is 0.270 e. The van der Waals surface area contributed by atoms with Crippen LogP contribution < -0.4 is 0 Å². The molecule has 1 fully saturated rings. The third-order valence-electron chi connectivity index (χ3n) is 4.53. The van der Waals surface area contributed by atoms with Crippen molar-refractivity contribution in [2.24, 2.45) is 0 Å². The van der Waals surface area contributed by atoms with Gasteiger partial charge < -0.3 is 4.74 Å². The first-order chi connectivity index (χ1) is 11.6. The molecule has 1 saturated heterocycles. The van der Waals surface area contributed by atoms with Crippen molar-refractivity contribution in [1.29, 1.82) is 0 Å².